The number of carbonyl (C=O) groups excluding carboxylic acids is 2. The molecule has 7 heteroatoms. The van der Waals surface area contributed by atoms with Crippen LogP contribution in [0.15, 0.2) is 90.5 Å². The monoisotopic (exact) mass is 610 g/mol. The van der Waals surface area contributed by atoms with Crippen molar-refractivity contribution in [3.63, 3.8) is 0 Å². The third-order valence-corrected chi connectivity index (χ3v) is 11.4. The zero-order chi connectivity index (χ0) is 28.8. The maximum Gasteiger partial charge on any atom is 0.189 e. The van der Waals surface area contributed by atoms with E-state index in [-0.39, 0.29) is 23.5 Å². The van der Waals surface area contributed by atoms with Crippen molar-refractivity contribution >= 4 is 63.4 Å². The van der Waals surface area contributed by atoms with Gasteiger partial charge in [-0.25, -0.2) is 0 Å². The summed E-state index contributed by atoms with van der Waals surface area (Å²) >= 11 is 14.4. The fraction of sp³-hybridized carbons (Fsp3) is 0.257. The average Bonchev–Trinajstić information content (AvgIpc) is 3.62. The fourth-order valence-electron chi connectivity index (χ4n) is 8.53. The zero-order valence-corrected chi connectivity index (χ0v) is 25.3. The van der Waals surface area contributed by atoms with Crippen molar-refractivity contribution < 1.29 is 9.59 Å². The standard InChI is InChI=1S/C35H28Cl2N2O2S/c1-38-17-24(16-21-8-12-25(36)13-9-21)32(40)34(19-38)31(23-10-14-26(37)15-11-23)29-18-42-20-39(29)35(34)28-7-3-5-22-4-2-6-27(30(22)28)33(35)41/h2-16,29,31H,17-20H2,1H3/b24-16+/t29-,31-,34-,35-/m0/s1. The number of hydrogen-bond acceptors (Lipinski definition) is 5. The molecule has 3 heterocycles. The molecule has 3 aliphatic heterocycles. The molecule has 0 N–H and O–H groups in total. The number of hydrogen-bond donors (Lipinski definition) is 0. The molecule has 4 atom stereocenters. The van der Waals surface area contributed by atoms with Crippen LogP contribution in [-0.4, -0.2) is 59.2 Å². The first-order chi connectivity index (χ1) is 20.4. The molecular formula is C35H28Cl2N2O2S. The van der Waals surface area contributed by atoms with Crippen molar-refractivity contribution in [2.24, 2.45) is 5.41 Å². The molecule has 3 fully saturated rings. The molecule has 0 amide bonds. The SMILES string of the molecule is CN1C/C(=C\c2ccc(Cl)cc2)C(=O)[C@]2(C1)[C@@H](c1ccc(Cl)cc1)[C@@H]1CSCN1[C@@]21C(=O)c2cccc3cccc1c23. The number of thioether (sulfide) groups is 1. The number of rotatable bonds is 2. The molecule has 2 spiro atoms. The Morgan fingerprint density at radius 1 is 0.881 bits per heavy atom. The van der Waals surface area contributed by atoms with Crippen LogP contribution in [0.1, 0.15) is 33.0 Å². The number of Topliss-reactive ketones (excluding diaryl/α,β-unsaturated/α-hetero) is 2. The number of piperidine rings is 1. The van der Waals surface area contributed by atoms with Gasteiger partial charge in [0.25, 0.3) is 0 Å². The lowest BCUT2D eigenvalue weighted by atomic mass is 9.55. The molecule has 0 saturated carbocycles. The number of halogens is 2. The predicted octanol–water partition coefficient (Wildman–Crippen LogP) is 7.30. The van der Waals surface area contributed by atoms with Crippen molar-refractivity contribution in [3.8, 4) is 0 Å². The summed E-state index contributed by atoms with van der Waals surface area (Å²) in [5.74, 6) is 1.45. The van der Waals surface area contributed by atoms with Crippen molar-refractivity contribution in [3.05, 3.63) is 123 Å². The number of likely N-dealkylation sites (N-methyl/N-ethyl adjacent to an activating group) is 1. The van der Waals surface area contributed by atoms with Gasteiger partial charge in [0.15, 0.2) is 11.6 Å². The number of benzene rings is 4. The second-order valence-corrected chi connectivity index (χ2v) is 13.9. The summed E-state index contributed by atoms with van der Waals surface area (Å²) < 4.78 is 0. The third kappa shape index (κ3) is 3.40. The maximum absolute atomic E-state index is 15.5. The van der Waals surface area contributed by atoms with Gasteiger partial charge >= 0.3 is 0 Å². The Bertz CT molecular complexity index is 1820. The summed E-state index contributed by atoms with van der Waals surface area (Å²) in [6, 6.07) is 27.7. The van der Waals surface area contributed by atoms with Crippen LogP contribution in [0.2, 0.25) is 10.0 Å². The number of nitrogens with zero attached hydrogens (tertiary/aromatic N) is 2. The first kappa shape index (κ1) is 26.7. The van der Waals surface area contributed by atoms with E-state index in [1.807, 2.05) is 72.4 Å². The molecule has 0 radical (unpaired) electrons. The van der Waals surface area contributed by atoms with Crippen molar-refractivity contribution in [2.75, 3.05) is 31.8 Å². The molecule has 8 rings (SSSR count). The highest BCUT2D eigenvalue weighted by Gasteiger charge is 2.78. The lowest BCUT2D eigenvalue weighted by Crippen LogP contribution is -2.65. The van der Waals surface area contributed by atoms with E-state index in [0.29, 0.717) is 34.6 Å². The molecule has 0 aromatic heterocycles. The van der Waals surface area contributed by atoms with Crippen molar-refractivity contribution in [1.29, 1.82) is 0 Å². The second kappa shape index (κ2) is 9.54. The van der Waals surface area contributed by atoms with Crippen LogP contribution in [0, 0.1) is 5.41 Å². The van der Waals surface area contributed by atoms with Gasteiger partial charge in [-0.2, -0.15) is 0 Å². The summed E-state index contributed by atoms with van der Waals surface area (Å²) in [5.41, 5.74) is 2.20. The fourth-order valence-corrected chi connectivity index (χ4v) is 10.1. The number of ketones is 2. The number of likely N-dealkylation sites (tertiary alicyclic amines) is 1. The molecule has 4 aromatic rings. The van der Waals surface area contributed by atoms with Crippen LogP contribution in [0.5, 0.6) is 0 Å². The largest absolute Gasteiger partial charge is 0.301 e. The van der Waals surface area contributed by atoms with Crippen molar-refractivity contribution in [1.82, 2.24) is 9.80 Å². The van der Waals surface area contributed by atoms with Crippen LogP contribution in [0.25, 0.3) is 16.8 Å². The molecule has 3 saturated heterocycles. The van der Waals surface area contributed by atoms with E-state index in [2.05, 4.69) is 47.2 Å². The average molecular weight is 612 g/mol. The molecule has 4 aromatic carbocycles. The highest BCUT2D eigenvalue weighted by Crippen LogP contribution is 2.69. The Morgan fingerprint density at radius 2 is 1.57 bits per heavy atom. The van der Waals surface area contributed by atoms with E-state index in [4.69, 9.17) is 23.2 Å². The van der Waals surface area contributed by atoms with Crippen LogP contribution in [0.3, 0.4) is 0 Å². The van der Waals surface area contributed by atoms with Gasteiger partial charge < -0.3 is 4.90 Å². The summed E-state index contributed by atoms with van der Waals surface area (Å²) in [5, 5.41) is 3.33. The molecule has 4 nitrogen and oxygen atoms in total. The van der Waals surface area contributed by atoms with Crippen LogP contribution < -0.4 is 0 Å². The van der Waals surface area contributed by atoms with E-state index in [9.17, 15) is 0 Å². The lowest BCUT2D eigenvalue weighted by Gasteiger charge is -2.51. The van der Waals surface area contributed by atoms with Crippen LogP contribution in [-0.2, 0) is 10.3 Å². The molecule has 0 unspecified atom stereocenters. The Morgan fingerprint density at radius 3 is 2.31 bits per heavy atom. The Hall–Kier alpha value is -2.93. The van der Waals surface area contributed by atoms with E-state index < -0.39 is 11.0 Å². The Balaban J connectivity index is 1.45. The molecular weight excluding hydrogens is 583 g/mol. The van der Waals surface area contributed by atoms with Gasteiger partial charge in [0.05, 0.1) is 5.41 Å². The summed E-state index contributed by atoms with van der Waals surface area (Å²) in [6.07, 6.45) is 1.99. The van der Waals surface area contributed by atoms with Gasteiger partial charge in [-0.3, -0.25) is 14.5 Å². The molecule has 1 aliphatic carbocycles. The Labute approximate surface area is 259 Å². The van der Waals surface area contributed by atoms with Gasteiger partial charge in [0, 0.05) is 57.9 Å². The summed E-state index contributed by atoms with van der Waals surface area (Å²) in [6.45, 7) is 0.988. The van der Waals surface area contributed by atoms with Gasteiger partial charge in [0.1, 0.15) is 5.54 Å². The molecule has 210 valence electrons. The molecule has 0 bridgehead atoms. The van der Waals surface area contributed by atoms with E-state index in [0.717, 1.165) is 38.8 Å². The van der Waals surface area contributed by atoms with Crippen molar-refractivity contribution in [2.45, 2.75) is 17.5 Å². The van der Waals surface area contributed by atoms with Crippen LogP contribution >= 0.6 is 35.0 Å². The first-order valence-corrected chi connectivity index (χ1v) is 16.1. The first-order valence-electron chi connectivity index (χ1n) is 14.2. The third-order valence-electron chi connectivity index (χ3n) is 9.88. The van der Waals surface area contributed by atoms with Gasteiger partial charge in [0.2, 0.25) is 0 Å². The summed E-state index contributed by atoms with van der Waals surface area (Å²) in [7, 11) is 2.07. The quantitative estimate of drug-likeness (QED) is 0.223. The van der Waals surface area contributed by atoms with E-state index in [1.54, 1.807) is 0 Å². The normalized spacial score (nSPS) is 29.9. The van der Waals surface area contributed by atoms with E-state index in [1.165, 1.54) is 0 Å². The van der Waals surface area contributed by atoms with Gasteiger partial charge in [-0.15, -0.1) is 11.8 Å². The lowest BCUT2D eigenvalue weighted by molar-refractivity contribution is -0.134. The molecule has 4 aliphatic rings. The Kier molecular flexibility index (Phi) is 6.06. The highest BCUT2D eigenvalue weighted by molar-refractivity contribution is 7.99. The minimum atomic E-state index is -1.13. The van der Waals surface area contributed by atoms with Crippen LogP contribution in [0.4, 0.5) is 0 Å². The predicted molar refractivity (Wildman–Crippen MR) is 171 cm³/mol. The topological polar surface area (TPSA) is 40.6 Å². The minimum Gasteiger partial charge on any atom is -0.301 e. The molecule has 42 heavy (non-hydrogen) atoms. The van der Waals surface area contributed by atoms with E-state index >= 15 is 9.59 Å². The second-order valence-electron chi connectivity index (χ2n) is 12.0. The highest BCUT2D eigenvalue weighted by atomic mass is 35.5. The number of carbonyl (C=O) groups is 2. The van der Waals surface area contributed by atoms with Gasteiger partial charge in [-0.1, -0.05) is 83.9 Å². The maximum atomic E-state index is 15.5. The smallest absolute Gasteiger partial charge is 0.189 e. The zero-order valence-electron chi connectivity index (χ0n) is 23.0. The van der Waals surface area contributed by atoms with Gasteiger partial charge in [-0.05, 0) is 64.9 Å². The minimum absolute atomic E-state index is 0.0110. The number of fused-ring (bicyclic) bond motifs is 4. The summed E-state index contributed by atoms with van der Waals surface area (Å²) in [4.78, 5) is 35.3.